The normalized spacial score (nSPS) is 13.6. The third-order valence-electron chi connectivity index (χ3n) is 3.74. The molecule has 1 nitrogen and oxygen atoms in total. The Hall–Kier alpha value is -0.340. The summed E-state index contributed by atoms with van der Waals surface area (Å²) in [5, 5.41) is 3.67. The van der Waals surface area contributed by atoms with Crippen LogP contribution in [0.5, 0.6) is 0 Å². The van der Waals surface area contributed by atoms with Crippen LogP contribution in [-0.4, -0.2) is 6.54 Å². The van der Waals surface area contributed by atoms with E-state index < -0.39 is 0 Å². The molecule has 2 heteroatoms. The summed E-state index contributed by atoms with van der Waals surface area (Å²) in [7, 11) is 0. The van der Waals surface area contributed by atoms with Crippen LogP contribution in [-0.2, 0) is 0 Å². The molecule has 0 aliphatic carbocycles. The minimum Gasteiger partial charge on any atom is -0.310 e. The van der Waals surface area contributed by atoms with E-state index in [2.05, 4.69) is 80.1 Å². The van der Waals surface area contributed by atoms with Gasteiger partial charge in [-0.15, -0.1) is 0 Å². The fourth-order valence-corrected chi connectivity index (χ4v) is 2.69. The molecule has 0 saturated carbocycles. The molecule has 0 heterocycles. The van der Waals surface area contributed by atoms with Crippen molar-refractivity contribution in [1.29, 1.82) is 0 Å². The van der Waals surface area contributed by atoms with E-state index in [4.69, 9.17) is 0 Å². The van der Waals surface area contributed by atoms with Gasteiger partial charge >= 0.3 is 0 Å². The van der Waals surface area contributed by atoms with Gasteiger partial charge in [-0.2, -0.15) is 0 Å². The van der Waals surface area contributed by atoms with Gasteiger partial charge in [0.1, 0.15) is 0 Å². The maximum Gasteiger partial charge on any atom is 0.0291 e. The summed E-state index contributed by atoms with van der Waals surface area (Å²) in [5.74, 6) is 2.20. The standard InChI is InChI=1S/C16H26BrN/c1-11(2)16(12(3)4)10-18-13(5)14-6-8-15(17)9-7-14/h6-9,11-13,16,18H,10H2,1-5H3. The fraction of sp³-hybridized carbons (Fsp3) is 0.625. The number of rotatable bonds is 6. The quantitative estimate of drug-likeness (QED) is 0.777. The van der Waals surface area contributed by atoms with E-state index >= 15 is 0 Å². The Bertz CT molecular complexity index is 335. The molecule has 18 heavy (non-hydrogen) atoms. The van der Waals surface area contributed by atoms with E-state index in [0.29, 0.717) is 6.04 Å². The molecule has 1 aromatic carbocycles. The minimum absolute atomic E-state index is 0.415. The Morgan fingerprint density at radius 3 is 1.89 bits per heavy atom. The summed E-state index contributed by atoms with van der Waals surface area (Å²) in [6.07, 6.45) is 0. The highest BCUT2D eigenvalue weighted by atomic mass is 79.9. The van der Waals surface area contributed by atoms with Crippen LogP contribution in [0.3, 0.4) is 0 Å². The first-order valence-corrected chi connectivity index (χ1v) is 7.70. The van der Waals surface area contributed by atoms with Gasteiger partial charge in [-0.05, 0) is 48.9 Å². The molecule has 0 bridgehead atoms. The van der Waals surface area contributed by atoms with Crippen LogP contribution in [0.4, 0.5) is 0 Å². The molecule has 1 atom stereocenters. The molecule has 0 radical (unpaired) electrons. The van der Waals surface area contributed by atoms with Crippen LogP contribution in [0.1, 0.15) is 46.2 Å². The van der Waals surface area contributed by atoms with E-state index in [-0.39, 0.29) is 0 Å². The number of halogens is 1. The highest BCUT2D eigenvalue weighted by molar-refractivity contribution is 9.10. The average Bonchev–Trinajstić information content (AvgIpc) is 2.28. The summed E-state index contributed by atoms with van der Waals surface area (Å²) >= 11 is 3.47. The molecule has 0 fully saturated rings. The van der Waals surface area contributed by atoms with Gasteiger partial charge in [0.15, 0.2) is 0 Å². The van der Waals surface area contributed by atoms with Crippen molar-refractivity contribution in [1.82, 2.24) is 5.32 Å². The maximum absolute atomic E-state index is 3.67. The maximum atomic E-state index is 3.67. The van der Waals surface area contributed by atoms with E-state index in [1.165, 1.54) is 5.56 Å². The average molecular weight is 312 g/mol. The first kappa shape index (κ1) is 15.7. The largest absolute Gasteiger partial charge is 0.310 e. The van der Waals surface area contributed by atoms with Gasteiger partial charge in [0.05, 0.1) is 0 Å². The predicted octanol–water partition coefficient (Wildman–Crippen LogP) is 5.03. The smallest absolute Gasteiger partial charge is 0.0291 e. The summed E-state index contributed by atoms with van der Waals surface area (Å²) in [6, 6.07) is 8.99. The van der Waals surface area contributed by atoms with E-state index in [1.54, 1.807) is 0 Å². The summed E-state index contributed by atoms with van der Waals surface area (Å²) in [5.41, 5.74) is 1.35. The third-order valence-corrected chi connectivity index (χ3v) is 4.27. The van der Waals surface area contributed by atoms with Crippen molar-refractivity contribution in [2.75, 3.05) is 6.54 Å². The van der Waals surface area contributed by atoms with Crippen molar-refractivity contribution in [2.45, 2.75) is 40.7 Å². The van der Waals surface area contributed by atoms with E-state index in [9.17, 15) is 0 Å². The molecule has 0 aliphatic rings. The highest BCUT2D eigenvalue weighted by Crippen LogP contribution is 2.22. The van der Waals surface area contributed by atoms with E-state index in [1.807, 2.05) is 0 Å². The lowest BCUT2D eigenvalue weighted by atomic mass is 9.85. The van der Waals surface area contributed by atoms with Crippen molar-refractivity contribution in [2.24, 2.45) is 17.8 Å². The molecular formula is C16H26BrN. The van der Waals surface area contributed by atoms with Crippen LogP contribution in [0, 0.1) is 17.8 Å². The molecule has 102 valence electrons. The zero-order valence-electron chi connectivity index (χ0n) is 12.2. The number of nitrogens with one attached hydrogen (secondary N) is 1. The molecule has 1 N–H and O–H groups in total. The molecule has 0 aromatic heterocycles. The second-order valence-electron chi connectivity index (χ2n) is 5.83. The molecule has 0 amide bonds. The monoisotopic (exact) mass is 311 g/mol. The first-order valence-electron chi connectivity index (χ1n) is 6.90. The van der Waals surface area contributed by atoms with Crippen LogP contribution < -0.4 is 5.32 Å². The van der Waals surface area contributed by atoms with Gasteiger partial charge in [-0.1, -0.05) is 55.8 Å². The Kier molecular flexibility index (Phi) is 6.37. The van der Waals surface area contributed by atoms with Gasteiger partial charge in [0, 0.05) is 10.5 Å². The van der Waals surface area contributed by atoms with Gasteiger partial charge < -0.3 is 5.32 Å². The Morgan fingerprint density at radius 1 is 0.944 bits per heavy atom. The fourth-order valence-electron chi connectivity index (χ4n) is 2.42. The highest BCUT2D eigenvalue weighted by Gasteiger charge is 2.18. The molecule has 0 spiro atoms. The second kappa shape index (κ2) is 7.30. The molecular weight excluding hydrogens is 286 g/mol. The van der Waals surface area contributed by atoms with Crippen LogP contribution in [0.15, 0.2) is 28.7 Å². The minimum atomic E-state index is 0.415. The van der Waals surface area contributed by atoms with Crippen molar-refractivity contribution in [3.8, 4) is 0 Å². The van der Waals surface area contributed by atoms with Gasteiger partial charge in [-0.3, -0.25) is 0 Å². The van der Waals surface area contributed by atoms with Crippen molar-refractivity contribution >= 4 is 15.9 Å². The van der Waals surface area contributed by atoms with Crippen LogP contribution >= 0.6 is 15.9 Å². The number of hydrogen-bond donors (Lipinski definition) is 1. The third kappa shape index (κ3) is 4.74. The summed E-state index contributed by atoms with van der Waals surface area (Å²) < 4.78 is 1.14. The lowest BCUT2D eigenvalue weighted by molar-refractivity contribution is 0.268. The van der Waals surface area contributed by atoms with Crippen LogP contribution in [0.25, 0.3) is 0 Å². The lowest BCUT2D eigenvalue weighted by Gasteiger charge is -2.27. The summed E-state index contributed by atoms with van der Waals surface area (Å²) in [6.45, 7) is 12.6. The molecule has 1 rings (SSSR count). The Morgan fingerprint density at radius 2 is 1.44 bits per heavy atom. The molecule has 0 saturated heterocycles. The molecule has 1 aromatic rings. The number of hydrogen-bond acceptors (Lipinski definition) is 1. The number of benzene rings is 1. The Labute approximate surface area is 120 Å². The van der Waals surface area contributed by atoms with Crippen molar-refractivity contribution < 1.29 is 0 Å². The van der Waals surface area contributed by atoms with Gasteiger partial charge in [0.2, 0.25) is 0 Å². The Balaban J connectivity index is 2.54. The van der Waals surface area contributed by atoms with Gasteiger partial charge in [-0.25, -0.2) is 0 Å². The summed E-state index contributed by atoms with van der Waals surface area (Å²) in [4.78, 5) is 0. The zero-order chi connectivity index (χ0) is 13.7. The predicted molar refractivity (Wildman–Crippen MR) is 83.7 cm³/mol. The second-order valence-corrected chi connectivity index (χ2v) is 6.75. The molecule has 1 unspecified atom stereocenters. The van der Waals surface area contributed by atoms with Crippen molar-refractivity contribution in [3.05, 3.63) is 34.3 Å². The first-order chi connectivity index (χ1) is 8.41. The topological polar surface area (TPSA) is 12.0 Å². The van der Waals surface area contributed by atoms with Crippen molar-refractivity contribution in [3.63, 3.8) is 0 Å². The zero-order valence-corrected chi connectivity index (χ0v) is 13.8. The van der Waals surface area contributed by atoms with Crippen LogP contribution in [0.2, 0.25) is 0 Å². The molecule has 0 aliphatic heterocycles. The lowest BCUT2D eigenvalue weighted by Crippen LogP contribution is -2.31. The van der Waals surface area contributed by atoms with Gasteiger partial charge in [0.25, 0.3) is 0 Å². The van der Waals surface area contributed by atoms with E-state index in [0.717, 1.165) is 28.8 Å². The SMILES string of the molecule is CC(NCC(C(C)C)C(C)C)c1ccc(Br)cc1.